The van der Waals surface area contributed by atoms with E-state index in [1.807, 2.05) is 6.20 Å². The molecule has 1 atom stereocenters. The molecule has 2 aliphatic heterocycles. The van der Waals surface area contributed by atoms with Gasteiger partial charge in [0.25, 0.3) is 0 Å². The van der Waals surface area contributed by atoms with Gasteiger partial charge in [-0.25, -0.2) is 9.98 Å². The van der Waals surface area contributed by atoms with E-state index in [1.54, 1.807) is 0 Å². The van der Waals surface area contributed by atoms with Gasteiger partial charge in [0.15, 0.2) is 5.96 Å². The normalized spacial score (nSPS) is 17.8. The van der Waals surface area contributed by atoms with Gasteiger partial charge in [-0.15, -0.1) is 24.0 Å². The minimum Gasteiger partial charge on any atom is -0.357 e. The van der Waals surface area contributed by atoms with Gasteiger partial charge in [-0.3, -0.25) is 4.90 Å². The number of pyridine rings is 1. The molecule has 2 fully saturated rings. The number of nitrogens with zero attached hydrogens (tertiary/aromatic N) is 4. The molecule has 2 aliphatic rings. The standard InChI is InChI=1S/C25H36N6.HI/c1-2-26-25(28-19-21-12-13-24(27-18-21)31-16-8-9-17-31)29-20-23(30-14-6-7-15-30)22-10-4-3-5-11-22;/h3-5,10-13,18,23H,2,6-9,14-17,19-20H2,1H3,(H2,26,28,29);1H. The number of aromatic nitrogens is 1. The average molecular weight is 549 g/mol. The van der Waals surface area contributed by atoms with Crippen molar-refractivity contribution in [3.8, 4) is 0 Å². The van der Waals surface area contributed by atoms with E-state index in [4.69, 9.17) is 4.99 Å². The number of aliphatic imine (C=N–C) groups is 1. The molecule has 0 saturated carbocycles. The number of halogens is 1. The topological polar surface area (TPSA) is 55.8 Å². The fourth-order valence-electron chi connectivity index (χ4n) is 4.54. The molecule has 7 heteroatoms. The summed E-state index contributed by atoms with van der Waals surface area (Å²) in [4.78, 5) is 14.4. The van der Waals surface area contributed by atoms with Crippen LogP contribution in [0.3, 0.4) is 0 Å². The van der Waals surface area contributed by atoms with Crippen molar-refractivity contribution in [2.75, 3.05) is 44.2 Å². The minimum absolute atomic E-state index is 0. The summed E-state index contributed by atoms with van der Waals surface area (Å²) in [5.74, 6) is 1.96. The van der Waals surface area contributed by atoms with Gasteiger partial charge in [0.1, 0.15) is 5.82 Å². The number of anilines is 1. The molecule has 2 aromatic rings. The van der Waals surface area contributed by atoms with E-state index in [0.717, 1.165) is 43.5 Å². The van der Waals surface area contributed by atoms with Crippen LogP contribution in [0.15, 0.2) is 53.7 Å². The average Bonchev–Trinajstić information content (AvgIpc) is 3.53. The van der Waals surface area contributed by atoms with Crippen molar-refractivity contribution in [2.45, 2.75) is 45.2 Å². The van der Waals surface area contributed by atoms with Gasteiger partial charge in [0.05, 0.1) is 12.6 Å². The first kappa shape index (κ1) is 24.8. The van der Waals surface area contributed by atoms with Crippen LogP contribution in [0.2, 0.25) is 0 Å². The largest absolute Gasteiger partial charge is 0.357 e. The highest BCUT2D eigenvalue weighted by molar-refractivity contribution is 14.0. The van der Waals surface area contributed by atoms with Crippen LogP contribution >= 0.6 is 24.0 Å². The third kappa shape index (κ3) is 6.81. The number of rotatable bonds is 8. The second kappa shape index (κ2) is 13.0. The summed E-state index contributed by atoms with van der Waals surface area (Å²) in [7, 11) is 0. The number of hydrogen-bond acceptors (Lipinski definition) is 4. The molecule has 1 unspecified atom stereocenters. The van der Waals surface area contributed by atoms with Gasteiger partial charge < -0.3 is 15.5 Å². The Morgan fingerprint density at radius 3 is 2.34 bits per heavy atom. The molecule has 32 heavy (non-hydrogen) atoms. The van der Waals surface area contributed by atoms with E-state index in [9.17, 15) is 0 Å². The number of benzene rings is 1. The monoisotopic (exact) mass is 548 g/mol. The van der Waals surface area contributed by atoms with Crippen LogP contribution in [0.25, 0.3) is 0 Å². The first-order chi connectivity index (χ1) is 15.3. The maximum absolute atomic E-state index is 4.83. The van der Waals surface area contributed by atoms with Gasteiger partial charge in [-0.2, -0.15) is 0 Å². The molecule has 0 radical (unpaired) electrons. The van der Waals surface area contributed by atoms with Crippen LogP contribution in [-0.2, 0) is 6.54 Å². The number of guanidine groups is 1. The van der Waals surface area contributed by atoms with Crippen molar-refractivity contribution in [3.05, 3.63) is 59.8 Å². The molecule has 0 spiro atoms. The molecule has 174 valence electrons. The lowest BCUT2D eigenvalue weighted by Gasteiger charge is -2.29. The minimum atomic E-state index is 0. The third-order valence-electron chi connectivity index (χ3n) is 6.23. The Morgan fingerprint density at radius 1 is 0.969 bits per heavy atom. The van der Waals surface area contributed by atoms with Crippen molar-refractivity contribution < 1.29 is 0 Å². The van der Waals surface area contributed by atoms with Crippen LogP contribution in [0.1, 0.15) is 49.8 Å². The van der Waals surface area contributed by atoms with Gasteiger partial charge in [0.2, 0.25) is 0 Å². The summed E-state index contributed by atoms with van der Waals surface area (Å²) >= 11 is 0. The zero-order valence-electron chi connectivity index (χ0n) is 19.2. The zero-order valence-corrected chi connectivity index (χ0v) is 21.5. The summed E-state index contributed by atoms with van der Waals surface area (Å²) in [5.41, 5.74) is 2.51. The molecule has 4 rings (SSSR count). The van der Waals surface area contributed by atoms with Crippen LogP contribution < -0.4 is 15.5 Å². The second-order valence-corrected chi connectivity index (χ2v) is 8.46. The fraction of sp³-hybridized carbons (Fsp3) is 0.520. The maximum Gasteiger partial charge on any atom is 0.191 e. The third-order valence-corrected chi connectivity index (χ3v) is 6.23. The number of nitrogens with one attached hydrogen (secondary N) is 2. The highest BCUT2D eigenvalue weighted by Gasteiger charge is 2.23. The van der Waals surface area contributed by atoms with Crippen LogP contribution in [0.4, 0.5) is 5.82 Å². The number of likely N-dealkylation sites (tertiary alicyclic amines) is 1. The lowest BCUT2D eigenvalue weighted by atomic mass is 10.1. The summed E-state index contributed by atoms with van der Waals surface area (Å²) in [5, 5.41) is 6.99. The van der Waals surface area contributed by atoms with Crippen molar-refractivity contribution in [1.29, 1.82) is 0 Å². The smallest absolute Gasteiger partial charge is 0.191 e. The van der Waals surface area contributed by atoms with Crippen molar-refractivity contribution in [1.82, 2.24) is 20.5 Å². The van der Waals surface area contributed by atoms with Crippen molar-refractivity contribution in [2.24, 2.45) is 4.99 Å². The Bertz CT molecular complexity index is 814. The predicted octanol–water partition coefficient (Wildman–Crippen LogP) is 4.19. The van der Waals surface area contributed by atoms with Crippen LogP contribution in [-0.4, -0.2) is 55.1 Å². The quantitative estimate of drug-likeness (QED) is 0.295. The zero-order chi connectivity index (χ0) is 21.3. The molecular formula is C25H37IN6. The first-order valence-corrected chi connectivity index (χ1v) is 11.8. The summed E-state index contributed by atoms with van der Waals surface area (Å²) in [6, 6.07) is 15.5. The Kier molecular flexibility index (Phi) is 10.1. The Hall–Kier alpha value is -1.87. The van der Waals surface area contributed by atoms with E-state index < -0.39 is 0 Å². The molecule has 2 N–H and O–H groups in total. The number of hydrogen-bond donors (Lipinski definition) is 2. The Labute approximate surface area is 209 Å². The Balaban J connectivity index is 0.00000289. The molecule has 0 aliphatic carbocycles. The van der Waals surface area contributed by atoms with Gasteiger partial charge >= 0.3 is 0 Å². The SMILES string of the molecule is CCNC(=NCc1ccc(N2CCCC2)nc1)NCC(c1ccccc1)N1CCCC1.I. The molecular weight excluding hydrogens is 511 g/mol. The molecule has 0 bridgehead atoms. The molecule has 2 saturated heterocycles. The van der Waals surface area contributed by atoms with Gasteiger partial charge in [-0.1, -0.05) is 36.4 Å². The van der Waals surface area contributed by atoms with Crippen molar-refractivity contribution in [3.63, 3.8) is 0 Å². The maximum atomic E-state index is 4.83. The van der Waals surface area contributed by atoms with Crippen LogP contribution in [0, 0.1) is 0 Å². The Morgan fingerprint density at radius 2 is 1.69 bits per heavy atom. The van der Waals surface area contributed by atoms with Crippen molar-refractivity contribution >= 4 is 35.8 Å². The summed E-state index contributed by atoms with van der Waals surface area (Å²) in [6.45, 7) is 9.02. The van der Waals surface area contributed by atoms with Crippen LogP contribution in [0.5, 0.6) is 0 Å². The van der Waals surface area contributed by atoms with E-state index >= 15 is 0 Å². The molecule has 6 nitrogen and oxygen atoms in total. The van der Waals surface area contributed by atoms with E-state index in [-0.39, 0.29) is 24.0 Å². The van der Waals surface area contributed by atoms with E-state index in [0.29, 0.717) is 12.6 Å². The van der Waals surface area contributed by atoms with E-state index in [1.165, 1.54) is 44.3 Å². The van der Waals surface area contributed by atoms with E-state index in [2.05, 4.69) is 74.8 Å². The molecule has 3 heterocycles. The molecule has 1 aromatic carbocycles. The van der Waals surface area contributed by atoms with Gasteiger partial charge in [-0.05, 0) is 62.9 Å². The predicted molar refractivity (Wildman–Crippen MR) is 144 cm³/mol. The molecule has 0 amide bonds. The molecule has 1 aromatic heterocycles. The highest BCUT2D eigenvalue weighted by atomic mass is 127. The van der Waals surface area contributed by atoms with Gasteiger partial charge in [0, 0.05) is 32.4 Å². The lowest BCUT2D eigenvalue weighted by Crippen LogP contribution is -2.42. The highest BCUT2D eigenvalue weighted by Crippen LogP contribution is 2.24. The first-order valence-electron chi connectivity index (χ1n) is 11.8. The summed E-state index contributed by atoms with van der Waals surface area (Å²) in [6.07, 6.45) is 7.09. The lowest BCUT2D eigenvalue weighted by molar-refractivity contribution is 0.245. The second-order valence-electron chi connectivity index (χ2n) is 8.46. The fourth-order valence-corrected chi connectivity index (χ4v) is 4.54. The summed E-state index contributed by atoms with van der Waals surface area (Å²) < 4.78 is 0.